The number of carbonyl (C=O) groups excluding carboxylic acids is 3. The Morgan fingerprint density at radius 3 is 2.34 bits per heavy atom. The van der Waals surface area contributed by atoms with Crippen LogP contribution in [0.25, 0.3) is 0 Å². The van der Waals surface area contributed by atoms with Gasteiger partial charge in [0, 0.05) is 46.4 Å². The standard InChI is InChI=1S/C39H41ClFN3O5Si/c1-26-36(50(2,3)41)34(23-35(46)43(19-20-45)24-27-11-6-4-7-12-27)49-39(26)32-22-30(40)17-18-33(32)44(38(39)48)25-28-13-10-16-31(21-28)42-37(47)29-14-8-5-9-15-29/h4-18,21-22,26,34,36,45H,19-20,23-25H2,1-3H3,(H,42,47)/t26-,34+,36-,39+/m1/s1. The maximum absolute atomic E-state index is 16.4. The monoisotopic (exact) mass is 713 g/mol. The van der Waals surface area contributed by atoms with Crippen molar-refractivity contribution in [1.82, 2.24) is 4.90 Å². The van der Waals surface area contributed by atoms with Crippen molar-refractivity contribution in [2.24, 2.45) is 5.92 Å². The van der Waals surface area contributed by atoms with Crippen molar-refractivity contribution in [1.29, 1.82) is 0 Å². The maximum atomic E-state index is 16.4. The van der Waals surface area contributed by atoms with Gasteiger partial charge in [-0.2, -0.15) is 0 Å². The summed E-state index contributed by atoms with van der Waals surface area (Å²) < 4.78 is 23.2. The minimum absolute atomic E-state index is 0.109. The first kappa shape index (κ1) is 35.5. The van der Waals surface area contributed by atoms with Crippen LogP contribution in [0.4, 0.5) is 15.5 Å². The van der Waals surface area contributed by atoms with E-state index in [1.807, 2.05) is 61.5 Å². The van der Waals surface area contributed by atoms with Crippen LogP contribution in [0.3, 0.4) is 0 Å². The number of carbonyl (C=O) groups is 3. The first-order valence-electron chi connectivity index (χ1n) is 16.8. The summed E-state index contributed by atoms with van der Waals surface area (Å²) in [5.41, 5.74) is 1.65. The van der Waals surface area contributed by atoms with Gasteiger partial charge in [-0.3, -0.25) is 14.4 Å². The Kier molecular flexibility index (Phi) is 10.3. The highest BCUT2D eigenvalue weighted by molar-refractivity contribution is 6.72. The van der Waals surface area contributed by atoms with Crippen LogP contribution in [0, 0.1) is 5.92 Å². The summed E-state index contributed by atoms with van der Waals surface area (Å²) >= 11 is 6.53. The van der Waals surface area contributed by atoms with Crippen LogP contribution in [-0.4, -0.2) is 55.4 Å². The summed E-state index contributed by atoms with van der Waals surface area (Å²) in [6, 6.07) is 30.8. The molecular formula is C39H41ClFN3O5Si. The molecule has 0 radical (unpaired) electrons. The van der Waals surface area contributed by atoms with Gasteiger partial charge >= 0.3 is 0 Å². The molecular weight excluding hydrogens is 673 g/mol. The molecule has 50 heavy (non-hydrogen) atoms. The van der Waals surface area contributed by atoms with Crippen molar-refractivity contribution in [3.63, 3.8) is 0 Å². The summed E-state index contributed by atoms with van der Waals surface area (Å²) in [5, 5.41) is 13.1. The second-order valence-electron chi connectivity index (χ2n) is 13.6. The molecule has 4 aromatic carbocycles. The van der Waals surface area contributed by atoms with E-state index in [0.29, 0.717) is 27.5 Å². The third-order valence-corrected chi connectivity index (χ3v) is 12.5. The Balaban J connectivity index is 1.30. The lowest BCUT2D eigenvalue weighted by Crippen LogP contribution is -2.45. The number of amides is 3. The van der Waals surface area contributed by atoms with Gasteiger partial charge < -0.3 is 29.1 Å². The van der Waals surface area contributed by atoms with Gasteiger partial charge in [0.1, 0.15) is 0 Å². The molecule has 0 saturated carbocycles. The molecule has 4 atom stereocenters. The topological polar surface area (TPSA) is 99.2 Å². The summed E-state index contributed by atoms with van der Waals surface area (Å²) in [7, 11) is -3.54. The molecule has 0 aliphatic carbocycles. The average molecular weight is 714 g/mol. The minimum Gasteiger partial charge on any atom is -0.395 e. The number of halogens is 2. The molecule has 0 unspecified atom stereocenters. The van der Waals surface area contributed by atoms with E-state index in [2.05, 4.69) is 5.32 Å². The molecule has 0 bridgehead atoms. The molecule has 2 aliphatic heterocycles. The number of ether oxygens (including phenoxy) is 1. The normalized spacial score (nSPS) is 21.4. The number of anilines is 2. The number of aliphatic hydroxyl groups excluding tert-OH is 1. The Labute approximate surface area is 298 Å². The fraction of sp³-hybridized carbons (Fsp3) is 0.308. The quantitative estimate of drug-likeness (QED) is 0.125. The number of fused-ring (bicyclic) bond motifs is 2. The van der Waals surface area contributed by atoms with E-state index in [9.17, 15) is 19.5 Å². The molecule has 2 heterocycles. The van der Waals surface area contributed by atoms with Gasteiger partial charge in [0.2, 0.25) is 14.3 Å². The van der Waals surface area contributed by atoms with Crippen molar-refractivity contribution >= 4 is 49.1 Å². The molecule has 8 nitrogen and oxygen atoms in total. The number of aliphatic hydroxyl groups is 1. The zero-order valence-electron chi connectivity index (χ0n) is 28.3. The van der Waals surface area contributed by atoms with E-state index < -0.39 is 31.6 Å². The fourth-order valence-corrected chi connectivity index (χ4v) is 10.3. The Morgan fingerprint density at radius 1 is 0.980 bits per heavy atom. The Hall–Kier alpha value is -4.35. The molecule has 1 fully saturated rings. The predicted octanol–water partition coefficient (Wildman–Crippen LogP) is 7.33. The summed E-state index contributed by atoms with van der Waals surface area (Å²) in [4.78, 5) is 44.7. The molecule has 2 N–H and O–H groups in total. The molecule has 6 rings (SSSR count). The van der Waals surface area contributed by atoms with Crippen LogP contribution in [-0.2, 0) is 33.0 Å². The predicted molar refractivity (Wildman–Crippen MR) is 195 cm³/mol. The fourth-order valence-electron chi connectivity index (χ4n) is 7.62. The van der Waals surface area contributed by atoms with Gasteiger partial charge in [-0.15, -0.1) is 0 Å². The lowest BCUT2D eigenvalue weighted by atomic mass is 9.82. The smallest absolute Gasteiger partial charge is 0.264 e. The molecule has 4 aromatic rings. The van der Waals surface area contributed by atoms with E-state index >= 15 is 4.11 Å². The molecule has 1 spiro atoms. The largest absolute Gasteiger partial charge is 0.395 e. The van der Waals surface area contributed by atoms with E-state index in [4.69, 9.17) is 16.3 Å². The Morgan fingerprint density at radius 2 is 1.66 bits per heavy atom. The highest BCUT2D eigenvalue weighted by Gasteiger charge is 2.67. The number of rotatable bonds is 11. The number of nitrogens with one attached hydrogen (secondary N) is 1. The summed E-state index contributed by atoms with van der Waals surface area (Å²) in [6.07, 6.45) is -1.02. The molecule has 0 aromatic heterocycles. The van der Waals surface area contributed by atoms with Crippen molar-refractivity contribution < 1.29 is 28.3 Å². The summed E-state index contributed by atoms with van der Waals surface area (Å²) in [6.45, 7) is 5.34. The highest BCUT2D eigenvalue weighted by Crippen LogP contribution is 2.60. The third-order valence-electron chi connectivity index (χ3n) is 9.80. The number of benzene rings is 4. The van der Waals surface area contributed by atoms with Crippen molar-refractivity contribution in [3.8, 4) is 0 Å². The number of hydrogen-bond acceptors (Lipinski definition) is 5. The van der Waals surface area contributed by atoms with Crippen LogP contribution in [0.1, 0.15) is 40.4 Å². The van der Waals surface area contributed by atoms with Crippen LogP contribution in [0.15, 0.2) is 103 Å². The lowest BCUT2D eigenvalue weighted by Gasteiger charge is -2.31. The van der Waals surface area contributed by atoms with Gasteiger partial charge in [0.05, 0.1) is 31.4 Å². The lowest BCUT2D eigenvalue weighted by molar-refractivity contribution is -0.150. The van der Waals surface area contributed by atoms with Gasteiger partial charge in [-0.05, 0) is 66.7 Å². The van der Waals surface area contributed by atoms with Gasteiger partial charge in [-0.1, -0.05) is 79.2 Å². The van der Waals surface area contributed by atoms with Crippen LogP contribution in [0.5, 0.6) is 0 Å². The second-order valence-corrected chi connectivity index (χ2v) is 17.8. The average Bonchev–Trinajstić information content (AvgIpc) is 3.51. The molecule has 3 amide bonds. The molecule has 260 valence electrons. The van der Waals surface area contributed by atoms with Crippen LogP contribution in [0.2, 0.25) is 23.7 Å². The zero-order chi connectivity index (χ0) is 35.6. The van der Waals surface area contributed by atoms with E-state index in [0.717, 1.165) is 11.1 Å². The number of hydrogen-bond donors (Lipinski definition) is 2. The van der Waals surface area contributed by atoms with Crippen LogP contribution < -0.4 is 10.2 Å². The minimum atomic E-state index is -3.54. The summed E-state index contributed by atoms with van der Waals surface area (Å²) in [5.74, 6) is -1.50. The molecule has 1 saturated heterocycles. The SMILES string of the molecule is C[C@@H]1[C@@H]([Si](C)(C)F)[C@H](CC(=O)N(CCO)Cc2ccccc2)O[C@@]12C(=O)N(Cc1cccc(NC(=O)c3ccccc3)c1)c1ccc(Cl)cc12. The molecule has 11 heteroatoms. The van der Waals surface area contributed by atoms with Gasteiger partial charge in [0.25, 0.3) is 11.8 Å². The van der Waals surface area contributed by atoms with Crippen LogP contribution >= 0.6 is 11.6 Å². The zero-order valence-corrected chi connectivity index (χ0v) is 30.1. The van der Waals surface area contributed by atoms with Crippen molar-refractivity contribution in [3.05, 3.63) is 130 Å². The van der Waals surface area contributed by atoms with Crippen molar-refractivity contribution in [2.75, 3.05) is 23.4 Å². The highest BCUT2D eigenvalue weighted by atomic mass is 35.5. The van der Waals surface area contributed by atoms with Crippen molar-refractivity contribution in [2.45, 2.75) is 56.8 Å². The third kappa shape index (κ3) is 6.98. The second kappa shape index (κ2) is 14.5. The van der Waals surface area contributed by atoms with E-state index in [-0.39, 0.29) is 50.4 Å². The maximum Gasteiger partial charge on any atom is 0.264 e. The Bertz CT molecular complexity index is 1870. The first-order chi connectivity index (χ1) is 23.9. The van der Waals surface area contributed by atoms with Gasteiger partial charge in [-0.25, -0.2) is 0 Å². The van der Waals surface area contributed by atoms with E-state index in [1.54, 1.807) is 71.4 Å². The van der Waals surface area contributed by atoms with Gasteiger partial charge in [0.15, 0.2) is 5.60 Å². The number of nitrogens with zero attached hydrogens (tertiary/aromatic N) is 2. The molecule has 2 aliphatic rings. The van der Waals surface area contributed by atoms with E-state index in [1.165, 1.54) is 0 Å². The first-order valence-corrected chi connectivity index (χ1v) is 20.1.